The number of hydrogen-bond acceptors (Lipinski definition) is 4. The Kier molecular flexibility index (Phi) is 7.19. The highest BCUT2D eigenvalue weighted by atomic mass is 31.2. The molecule has 0 aliphatic heterocycles. The summed E-state index contributed by atoms with van der Waals surface area (Å²) in [5.41, 5.74) is 1.11. The lowest BCUT2D eigenvalue weighted by Gasteiger charge is -2.11. The van der Waals surface area contributed by atoms with E-state index in [2.05, 4.69) is 0 Å². The largest absolute Gasteiger partial charge is 0.457 e. The zero-order valence-corrected chi connectivity index (χ0v) is 14.9. The number of benzene rings is 2. The third kappa shape index (κ3) is 7.52. The van der Waals surface area contributed by atoms with E-state index >= 15 is 0 Å². The third-order valence-corrected chi connectivity index (χ3v) is 4.43. The van der Waals surface area contributed by atoms with Crippen molar-refractivity contribution in [2.75, 3.05) is 6.61 Å². The van der Waals surface area contributed by atoms with E-state index in [1.807, 2.05) is 59.7 Å². The zero-order chi connectivity index (χ0) is 18.1. The summed E-state index contributed by atoms with van der Waals surface area (Å²) in [6.07, 6.45) is 2.19. The molecular formula is C18H22NO5P. The molecule has 0 aromatic heterocycles. The maximum Gasteiger partial charge on any atom is 0.432 e. The molecule has 0 aliphatic carbocycles. The first-order valence-corrected chi connectivity index (χ1v) is 9.60. The summed E-state index contributed by atoms with van der Waals surface area (Å²) in [4.78, 5) is 20.1. The van der Waals surface area contributed by atoms with Gasteiger partial charge in [-0.2, -0.15) is 0 Å². The van der Waals surface area contributed by atoms with Gasteiger partial charge in [-0.25, -0.2) is 4.57 Å². The molecule has 6 nitrogen and oxygen atoms in total. The van der Waals surface area contributed by atoms with Gasteiger partial charge in [0.1, 0.15) is 11.5 Å². The van der Waals surface area contributed by atoms with Gasteiger partial charge in [-0.15, -0.1) is 0 Å². The van der Waals surface area contributed by atoms with Gasteiger partial charge < -0.3 is 9.63 Å². The van der Waals surface area contributed by atoms with Crippen LogP contribution in [0.3, 0.4) is 0 Å². The van der Waals surface area contributed by atoms with E-state index in [4.69, 9.17) is 9.26 Å². The Hall–Kier alpha value is -2.14. The van der Waals surface area contributed by atoms with Crippen LogP contribution in [0.2, 0.25) is 0 Å². The second-order valence-electron chi connectivity index (χ2n) is 5.54. The van der Waals surface area contributed by atoms with Crippen LogP contribution in [0.1, 0.15) is 25.3 Å². The van der Waals surface area contributed by atoms with Crippen LogP contribution in [-0.2, 0) is 20.3 Å². The van der Waals surface area contributed by atoms with Crippen LogP contribution < -0.4 is 9.82 Å². The van der Waals surface area contributed by atoms with Gasteiger partial charge in [-0.1, -0.05) is 30.3 Å². The van der Waals surface area contributed by atoms with Gasteiger partial charge in [-0.05, 0) is 49.1 Å². The summed E-state index contributed by atoms with van der Waals surface area (Å²) in [5, 5.41) is 1.89. The fourth-order valence-corrected chi connectivity index (χ4v) is 3.08. The fourth-order valence-electron chi connectivity index (χ4n) is 2.24. The van der Waals surface area contributed by atoms with Crippen molar-refractivity contribution in [1.29, 1.82) is 0 Å². The first kappa shape index (κ1) is 19.2. The number of aryl methyl sites for hydroxylation is 1. The molecular weight excluding hydrogens is 341 g/mol. The predicted octanol–water partition coefficient (Wildman–Crippen LogP) is 4.05. The van der Waals surface area contributed by atoms with Gasteiger partial charge in [0.05, 0.1) is 6.61 Å². The molecule has 0 saturated carbocycles. The summed E-state index contributed by atoms with van der Waals surface area (Å²) in [6, 6.07) is 17.4. The lowest BCUT2D eigenvalue weighted by Crippen LogP contribution is -2.18. The van der Waals surface area contributed by atoms with Crippen molar-refractivity contribution < 1.29 is 23.5 Å². The lowest BCUT2D eigenvalue weighted by molar-refractivity contribution is -0.117. The standard InChI is InChI=1S/C18H22NO5P/c1-15(20)19-25(21,22)23-13-6-5-8-16-9-7-12-18(14-16)24-17-10-3-2-4-11-17/h2-4,7,9-12,14H,5-6,8,13H2,1H3,(H2,19,20,21,22). The molecule has 0 heterocycles. The summed E-state index contributed by atoms with van der Waals surface area (Å²) < 4.78 is 22.1. The highest BCUT2D eigenvalue weighted by Gasteiger charge is 2.19. The molecule has 0 saturated heterocycles. The molecule has 2 N–H and O–H groups in total. The number of unbranched alkanes of at least 4 members (excludes halogenated alkanes) is 1. The van der Waals surface area contributed by atoms with Crippen LogP contribution in [0.4, 0.5) is 0 Å². The second kappa shape index (κ2) is 9.37. The molecule has 1 atom stereocenters. The minimum absolute atomic E-state index is 0.105. The van der Waals surface area contributed by atoms with Gasteiger partial charge in [-0.3, -0.25) is 14.4 Å². The minimum atomic E-state index is -4.03. The summed E-state index contributed by atoms with van der Waals surface area (Å²) in [5.74, 6) is 0.955. The Labute approximate surface area is 147 Å². The molecule has 2 aromatic rings. The van der Waals surface area contributed by atoms with Gasteiger partial charge in [0, 0.05) is 6.92 Å². The molecule has 134 valence electrons. The van der Waals surface area contributed by atoms with Gasteiger partial charge in [0.25, 0.3) is 0 Å². The Morgan fingerprint density at radius 1 is 1.08 bits per heavy atom. The molecule has 2 rings (SSSR count). The van der Waals surface area contributed by atoms with Crippen LogP contribution in [-0.4, -0.2) is 17.4 Å². The number of ether oxygens (including phenoxy) is 1. The lowest BCUT2D eigenvalue weighted by atomic mass is 10.1. The van der Waals surface area contributed by atoms with Crippen LogP contribution in [0.15, 0.2) is 54.6 Å². The molecule has 7 heteroatoms. The third-order valence-electron chi connectivity index (χ3n) is 3.30. The minimum Gasteiger partial charge on any atom is -0.457 e. The highest BCUT2D eigenvalue weighted by Crippen LogP contribution is 2.36. The number of nitrogens with one attached hydrogen (secondary N) is 1. The number of amides is 1. The van der Waals surface area contributed by atoms with Gasteiger partial charge in [0.2, 0.25) is 5.91 Å². The number of carbonyl (C=O) groups is 1. The average molecular weight is 363 g/mol. The Balaban J connectivity index is 1.75. The predicted molar refractivity (Wildman–Crippen MR) is 95.5 cm³/mol. The van der Waals surface area contributed by atoms with Crippen molar-refractivity contribution in [3.8, 4) is 11.5 Å². The second-order valence-corrected chi connectivity index (χ2v) is 7.06. The first-order valence-electron chi connectivity index (χ1n) is 8.03. The van der Waals surface area contributed by atoms with E-state index in [0.717, 1.165) is 36.8 Å². The molecule has 0 radical (unpaired) electrons. The van der Waals surface area contributed by atoms with Gasteiger partial charge >= 0.3 is 7.75 Å². The Morgan fingerprint density at radius 3 is 2.52 bits per heavy atom. The van der Waals surface area contributed by atoms with Crippen molar-refractivity contribution in [2.24, 2.45) is 0 Å². The SMILES string of the molecule is CC(=O)NP(=O)(O)OCCCCc1cccc(Oc2ccccc2)c1. The number of rotatable bonds is 9. The fraction of sp³-hybridized carbons (Fsp3) is 0.278. The van der Waals surface area contributed by atoms with E-state index in [1.54, 1.807) is 0 Å². The molecule has 1 amide bonds. The number of para-hydroxylation sites is 1. The smallest absolute Gasteiger partial charge is 0.432 e. The summed E-state index contributed by atoms with van der Waals surface area (Å²) in [7, 11) is -4.03. The van der Waals surface area contributed by atoms with Crippen LogP contribution >= 0.6 is 7.75 Å². The van der Waals surface area contributed by atoms with E-state index < -0.39 is 13.7 Å². The van der Waals surface area contributed by atoms with E-state index in [9.17, 15) is 14.3 Å². The average Bonchev–Trinajstić information content (AvgIpc) is 2.54. The summed E-state index contributed by atoms with van der Waals surface area (Å²) in [6.45, 7) is 1.27. The van der Waals surface area contributed by atoms with Crippen molar-refractivity contribution >= 4 is 13.7 Å². The molecule has 0 bridgehead atoms. The number of carbonyl (C=O) groups excluding carboxylic acids is 1. The van der Waals surface area contributed by atoms with Crippen LogP contribution in [0.25, 0.3) is 0 Å². The molecule has 25 heavy (non-hydrogen) atoms. The van der Waals surface area contributed by atoms with Crippen molar-refractivity contribution in [2.45, 2.75) is 26.2 Å². The van der Waals surface area contributed by atoms with Crippen LogP contribution in [0.5, 0.6) is 11.5 Å². The van der Waals surface area contributed by atoms with E-state index in [1.165, 1.54) is 0 Å². The Bertz CT molecular complexity index is 735. The van der Waals surface area contributed by atoms with Crippen molar-refractivity contribution in [3.05, 3.63) is 60.2 Å². The van der Waals surface area contributed by atoms with Crippen molar-refractivity contribution in [1.82, 2.24) is 5.09 Å². The zero-order valence-electron chi connectivity index (χ0n) is 14.1. The topological polar surface area (TPSA) is 84.9 Å². The van der Waals surface area contributed by atoms with E-state index in [0.29, 0.717) is 6.42 Å². The maximum absolute atomic E-state index is 11.5. The maximum atomic E-state index is 11.5. The van der Waals surface area contributed by atoms with E-state index in [-0.39, 0.29) is 6.61 Å². The Morgan fingerprint density at radius 2 is 1.80 bits per heavy atom. The number of hydrogen-bond donors (Lipinski definition) is 2. The molecule has 0 fully saturated rings. The van der Waals surface area contributed by atoms with Gasteiger partial charge in [0.15, 0.2) is 0 Å². The molecule has 1 unspecified atom stereocenters. The highest BCUT2D eigenvalue weighted by molar-refractivity contribution is 7.51. The normalized spacial score (nSPS) is 13.0. The van der Waals surface area contributed by atoms with Crippen LogP contribution in [0, 0.1) is 0 Å². The van der Waals surface area contributed by atoms with Crippen molar-refractivity contribution in [3.63, 3.8) is 0 Å². The molecule has 0 aliphatic rings. The first-order chi connectivity index (χ1) is 11.9. The molecule has 0 spiro atoms. The molecule has 2 aromatic carbocycles. The monoisotopic (exact) mass is 363 g/mol. The quantitative estimate of drug-likeness (QED) is 0.518. The summed E-state index contributed by atoms with van der Waals surface area (Å²) >= 11 is 0.